The van der Waals surface area contributed by atoms with Crippen LogP contribution in [0.25, 0.3) is 0 Å². The van der Waals surface area contributed by atoms with E-state index < -0.39 is 0 Å². The van der Waals surface area contributed by atoms with Crippen LogP contribution in [-0.4, -0.2) is 15.0 Å². The summed E-state index contributed by atoms with van der Waals surface area (Å²) in [4.78, 5) is 0. The van der Waals surface area contributed by atoms with E-state index in [0.29, 0.717) is 17.1 Å². The summed E-state index contributed by atoms with van der Waals surface area (Å²) in [6.45, 7) is 8.31. The fourth-order valence-corrected chi connectivity index (χ4v) is 1.50. The van der Waals surface area contributed by atoms with Gasteiger partial charge in [0.1, 0.15) is 0 Å². The van der Waals surface area contributed by atoms with Crippen LogP contribution in [0.3, 0.4) is 0 Å². The standard InChI is InChI=1S/C8H14ClN3/c1-5(2)7-8(9)10-11-12(7)6(3)4/h5-6H,1-4H3. The summed E-state index contributed by atoms with van der Waals surface area (Å²) in [7, 11) is 0. The smallest absolute Gasteiger partial charge is 0.174 e. The minimum atomic E-state index is 0.322. The molecule has 12 heavy (non-hydrogen) atoms. The minimum absolute atomic E-state index is 0.322. The third-order valence-electron chi connectivity index (χ3n) is 1.72. The zero-order chi connectivity index (χ0) is 9.30. The Labute approximate surface area is 77.7 Å². The predicted molar refractivity (Wildman–Crippen MR) is 49.5 cm³/mol. The molecule has 0 unspecified atom stereocenters. The van der Waals surface area contributed by atoms with Gasteiger partial charge in [-0.3, -0.25) is 0 Å². The fraction of sp³-hybridized carbons (Fsp3) is 0.750. The summed E-state index contributed by atoms with van der Waals surface area (Å²) in [6.07, 6.45) is 0. The number of hydrogen-bond donors (Lipinski definition) is 0. The summed E-state index contributed by atoms with van der Waals surface area (Å²) in [5.41, 5.74) is 1.02. The molecule has 3 nitrogen and oxygen atoms in total. The van der Waals surface area contributed by atoms with Gasteiger partial charge in [-0.05, 0) is 19.8 Å². The molecule has 0 aliphatic carbocycles. The van der Waals surface area contributed by atoms with Gasteiger partial charge in [0, 0.05) is 6.04 Å². The van der Waals surface area contributed by atoms with Crippen molar-refractivity contribution in [1.29, 1.82) is 0 Å². The average Bonchev–Trinajstić information content (AvgIpc) is 2.30. The Morgan fingerprint density at radius 3 is 2.17 bits per heavy atom. The van der Waals surface area contributed by atoms with E-state index in [1.165, 1.54) is 0 Å². The zero-order valence-corrected chi connectivity index (χ0v) is 8.63. The summed E-state index contributed by atoms with van der Waals surface area (Å²) in [5.74, 6) is 0.370. The molecule has 0 N–H and O–H groups in total. The van der Waals surface area contributed by atoms with Crippen LogP contribution in [0, 0.1) is 0 Å². The number of aromatic nitrogens is 3. The van der Waals surface area contributed by atoms with E-state index in [4.69, 9.17) is 11.6 Å². The van der Waals surface area contributed by atoms with Gasteiger partial charge in [0.15, 0.2) is 5.15 Å². The van der Waals surface area contributed by atoms with E-state index in [1.807, 2.05) is 4.68 Å². The Morgan fingerprint density at radius 1 is 1.25 bits per heavy atom. The van der Waals surface area contributed by atoms with E-state index in [0.717, 1.165) is 5.69 Å². The lowest BCUT2D eigenvalue weighted by molar-refractivity contribution is 0.484. The number of hydrogen-bond acceptors (Lipinski definition) is 2. The SMILES string of the molecule is CC(C)c1c(Cl)nnn1C(C)C. The quantitative estimate of drug-likeness (QED) is 0.713. The molecule has 0 amide bonds. The summed E-state index contributed by atoms with van der Waals surface area (Å²) >= 11 is 5.89. The molecule has 0 spiro atoms. The van der Waals surface area contributed by atoms with Crippen LogP contribution in [0.2, 0.25) is 5.15 Å². The van der Waals surface area contributed by atoms with E-state index in [-0.39, 0.29) is 0 Å². The van der Waals surface area contributed by atoms with Crippen molar-refractivity contribution >= 4 is 11.6 Å². The molecule has 0 atom stereocenters. The molecule has 0 fully saturated rings. The first kappa shape index (κ1) is 9.52. The highest BCUT2D eigenvalue weighted by Crippen LogP contribution is 2.23. The van der Waals surface area contributed by atoms with Gasteiger partial charge in [0.25, 0.3) is 0 Å². The van der Waals surface area contributed by atoms with Crippen molar-refractivity contribution in [2.24, 2.45) is 0 Å². The fourth-order valence-electron chi connectivity index (χ4n) is 1.17. The third-order valence-corrected chi connectivity index (χ3v) is 1.99. The molecular weight excluding hydrogens is 174 g/mol. The van der Waals surface area contributed by atoms with Gasteiger partial charge in [0.2, 0.25) is 0 Å². The van der Waals surface area contributed by atoms with Crippen molar-refractivity contribution in [3.05, 3.63) is 10.8 Å². The van der Waals surface area contributed by atoms with Crippen molar-refractivity contribution in [1.82, 2.24) is 15.0 Å². The molecule has 1 aromatic rings. The Balaban J connectivity index is 3.12. The number of nitrogens with zero attached hydrogens (tertiary/aromatic N) is 3. The highest BCUT2D eigenvalue weighted by Gasteiger charge is 2.15. The Morgan fingerprint density at radius 2 is 1.83 bits per heavy atom. The first-order valence-electron chi connectivity index (χ1n) is 4.14. The monoisotopic (exact) mass is 187 g/mol. The molecule has 4 heteroatoms. The van der Waals surface area contributed by atoms with Gasteiger partial charge in [-0.25, -0.2) is 4.68 Å². The van der Waals surface area contributed by atoms with Crippen LogP contribution in [0.15, 0.2) is 0 Å². The van der Waals surface area contributed by atoms with Crippen LogP contribution >= 0.6 is 11.6 Å². The van der Waals surface area contributed by atoms with E-state index in [2.05, 4.69) is 38.0 Å². The lowest BCUT2D eigenvalue weighted by atomic mass is 10.1. The van der Waals surface area contributed by atoms with E-state index >= 15 is 0 Å². The van der Waals surface area contributed by atoms with Crippen molar-refractivity contribution in [2.75, 3.05) is 0 Å². The van der Waals surface area contributed by atoms with Crippen molar-refractivity contribution in [3.8, 4) is 0 Å². The van der Waals surface area contributed by atoms with Gasteiger partial charge in [-0.1, -0.05) is 30.7 Å². The Kier molecular flexibility index (Phi) is 2.73. The van der Waals surface area contributed by atoms with E-state index in [9.17, 15) is 0 Å². The summed E-state index contributed by atoms with van der Waals surface area (Å²) in [5, 5.41) is 8.34. The molecule has 1 rings (SSSR count). The Hall–Kier alpha value is -0.570. The molecule has 68 valence electrons. The highest BCUT2D eigenvalue weighted by atomic mass is 35.5. The Bertz CT molecular complexity index is 265. The van der Waals surface area contributed by atoms with Gasteiger partial charge in [-0.2, -0.15) is 0 Å². The first-order chi connectivity index (χ1) is 5.54. The zero-order valence-electron chi connectivity index (χ0n) is 7.87. The van der Waals surface area contributed by atoms with Crippen LogP contribution in [0.5, 0.6) is 0 Å². The average molecular weight is 188 g/mol. The van der Waals surface area contributed by atoms with Gasteiger partial charge in [0.05, 0.1) is 5.69 Å². The van der Waals surface area contributed by atoms with Crippen LogP contribution in [-0.2, 0) is 0 Å². The van der Waals surface area contributed by atoms with Gasteiger partial charge < -0.3 is 0 Å². The second-order valence-electron chi connectivity index (χ2n) is 3.46. The number of rotatable bonds is 2. The lowest BCUT2D eigenvalue weighted by Crippen LogP contribution is -2.08. The maximum Gasteiger partial charge on any atom is 0.174 e. The third kappa shape index (κ3) is 1.61. The molecule has 0 saturated heterocycles. The second-order valence-corrected chi connectivity index (χ2v) is 3.82. The van der Waals surface area contributed by atoms with Gasteiger partial charge >= 0.3 is 0 Å². The normalized spacial score (nSPS) is 11.6. The topological polar surface area (TPSA) is 30.7 Å². The van der Waals surface area contributed by atoms with Crippen LogP contribution < -0.4 is 0 Å². The number of halogens is 1. The largest absolute Gasteiger partial charge is 0.245 e. The van der Waals surface area contributed by atoms with Gasteiger partial charge in [-0.15, -0.1) is 5.10 Å². The molecule has 1 heterocycles. The first-order valence-corrected chi connectivity index (χ1v) is 4.52. The van der Waals surface area contributed by atoms with Crippen LogP contribution in [0.1, 0.15) is 45.3 Å². The summed E-state index contributed by atoms with van der Waals surface area (Å²) in [6, 6.07) is 0.322. The maximum absolute atomic E-state index is 5.89. The van der Waals surface area contributed by atoms with Crippen molar-refractivity contribution in [2.45, 2.75) is 39.7 Å². The minimum Gasteiger partial charge on any atom is -0.245 e. The molecule has 0 saturated carbocycles. The maximum atomic E-state index is 5.89. The van der Waals surface area contributed by atoms with Crippen molar-refractivity contribution < 1.29 is 0 Å². The molecule has 0 aliphatic rings. The summed E-state index contributed by atoms with van der Waals surface area (Å²) < 4.78 is 1.87. The molecule has 0 bridgehead atoms. The highest BCUT2D eigenvalue weighted by molar-refractivity contribution is 6.30. The van der Waals surface area contributed by atoms with Crippen LogP contribution in [0.4, 0.5) is 0 Å². The molecule has 0 aliphatic heterocycles. The second kappa shape index (κ2) is 3.44. The predicted octanol–water partition coefficient (Wildman–Crippen LogP) is 2.64. The lowest BCUT2D eigenvalue weighted by Gasteiger charge is -2.11. The van der Waals surface area contributed by atoms with E-state index in [1.54, 1.807) is 0 Å². The molecule has 0 radical (unpaired) electrons. The molecule has 1 aromatic heterocycles. The molecule has 0 aromatic carbocycles. The molecular formula is C8H14ClN3. The van der Waals surface area contributed by atoms with Crippen molar-refractivity contribution in [3.63, 3.8) is 0 Å².